The Hall–Kier alpha value is -2.63. The van der Waals surface area contributed by atoms with E-state index in [-0.39, 0.29) is 5.91 Å². The van der Waals surface area contributed by atoms with Crippen LogP contribution in [0.15, 0.2) is 66.0 Å². The zero-order valence-electron chi connectivity index (χ0n) is 16.5. The van der Waals surface area contributed by atoms with Crippen LogP contribution in [0.5, 0.6) is 5.75 Å². The number of hydrogen-bond acceptors (Lipinski definition) is 4. The molecular formula is C23H26N2O2S. The molecule has 3 aromatic rings. The van der Waals surface area contributed by atoms with Crippen molar-refractivity contribution in [2.75, 3.05) is 19.0 Å². The first-order chi connectivity index (χ1) is 13.6. The predicted molar refractivity (Wildman–Crippen MR) is 116 cm³/mol. The Labute approximate surface area is 170 Å². The quantitative estimate of drug-likeness (QED) is 0.566. The van der Waals surface area contributed by atoms with Gasteiger partial charge in [-0.3, -0.25) is 9.69 Å². The Morgan fingerprint density at radius 1 is 1.14 bits per heavy atom. The second-order valence-electron chi connectivity index (χ2n) is 6.65. The molecule has 0 saturated carbocycles. The minimum atomic E-state index is -0.390. The normalized spacial score (nSPS) is 12.0. The van der Waals surface area contributed by atoms with Crippen LogP contribution in [0.3, 0.4) is 0 Å². The number of thiophene rings is 1. The van der Waals surface area contributed by atoms with Gasteiger partial charge in [0, 0.05) is 11.4 Å². The first-order valence-electron chi connectivity index (χ1n) is 9.39. The van der Waals surface area contributed by atoms with E-state index in [0.717, 1.165) is 24.2 Å². The minimum Gasteiger partial charge on any atom is -0.495 e. The maximum absolute atomic E-state index is 13.4. The van der Waals surface area contributed by atoms with E-state index in [0.29, 0.717) is 11.4 Å². The fourth-order valence-electron chi connectivity index (χ4n) is 3.27. The highest BCUT2D eigenvalue weighted by molar-refractivity contribution is 7.09. The molecule has 0 aliphatic heterocycles. The van der Waals surface area contributed by atoms with E-state index < -0.39 is 6.04 Å². The van der Waals surface area contributed by atoms with Crippen LogP contribution >= 0.6 is 11.3 Å². The van der Waals surface area contributed by atoms with Crippen molar-refractivity contribution < 1.29 is 9.53 Å². The van der Waals surface area contributed by atoms with Crippen LogP contribution in [0, 0.1) is 6.92 Å². The van der Waals surface area contributed by atoms with E-state index in [2.05, 4.69) is 28.6 Å². The second kappa shape index (κ2) is 9.53. The lowest BCUT2D eigenvalue weighted by Gasteiger charge is -2.30. The number of carbonyl (C=O) groups is 1. The van der Waals surface area contributed by atoms with E-state index in [1.807, 2.05) is 61.5 Å². The molecule has 0 radical (unpaired) electrons. The number of hydrogen-bond donors (Lipinski definition) is 1. The number of amides is 1. The van der Waals surface area contributed by atoms with E-state index in [1.54, 1.807) is 18.4 Å². The van der Waals surface area contributed by atoms with E-state index >= 15 is 0 Å². The van der Waals surface area contributed by atoms with Gasteiger partial charge in [0.25, 0.3) is 0 Å². The fraction of sp³-hybridized carbons (Fsp3) is 0.261. The third-order valence-electron chi connectivity index (χ3n) is 4.69. The lowest BCUT2D eigenvalue weighted by molar-refractivity contribution is -0.121. The number of methoxy groups -OCH3 is 1. The topological polar surface area (TPSA) is 41.6 Å². The van der Waals surface area contributed by atoms with Crippen molar-refractivity contribution in [1.82, 2.24) is 4.90 Å². The summed E-state index contributed by atoms with van der Waals surface area (Å²) in [5, 5.41) is 5.16. The highest BCUT2D eigenvalue weighted by Crippen LogP contribution is 2.29. The number of nitrogens with zero attached hydrogens (tertiary/aromatic N) is 1. The van der Waals surface area contributed by atoms with Crippen LogP contribution in [-0.2, 0) is 11.3 Å². The fourth-order valence-corrected chi connectivity index (χ4v) is 4.00. The number of ether oxygens (including phenoxy) is 1. The van der Waals surface area contributed by atoms with Gasteiger partial charge in [0.15, 0.2) is 0 Å². The van der Waals surface area contributed by atoms with Crippen LogP contribution in [0.4, 0.5) is 5.69 Å². The number of benzene rings is 2. The van der Waals surface area contributed by atoms with Gasteiger partial charge in [-0.25, -0.2) is 0 Å². The monoisotopic (exact) mass is 394 g/mol. The zero-order chi connectivity index (χ0) is 19.9. The molecule has 2 aromatic carbocycles. The molecule has 1 atom stereocenters. The molecule has 0 saturated heterocycles. The van der Waals surface area contributed by atoms with Crippen molar-refractivity contribution in [3.63, 3.8) is 0 Å². The molecule has 1 N–H and O–H groups in total. The molecule has 3 rings (SSSR count). The smallest absolute Gasteiger partial charge is 0.246 e. The molecule has 146 valence electrons. The summed E-state index contributed by atoms with van der Waals surface area (Å²) in [6, 6.07) is 19.5. The summed E-state index contributed by atoms with van der Waals surface area (Å²) < 4.78 is 5.43. The van der Waals surface area contributed by atoms with E-state index in [4.69, 9.17) is 4.74 Å². The molecule has 0 fully saturated rings. The summed E-state index contributed by atoms with van der Waals surface area (Å²) in [5.74, 6) is 0.598. The molecular weight excluding hydrogens is 368 g/mol. The number of rotatable bonds is 8. The third kappa shape index (κ3) is 4.80. The van der Waals surface area contributed by atoms with Crippen LogP contribution in [0.25, 0.3) is 0 Å². The molecule has 0 unspecified atom stereocenters. The first-order valence-corrected chi connectivity index (χ1v) is 10.3. The van der Waals surface area contributed by atoms with Crippen molar-refractivity contribution >= 4 is 22.9 Å². The Morgan fingerprint density at radius 2 is 1.93 bits per heavy atom. The van der Waals surface area contributed by atoms with Gasteiger partial charge in [0.1, 0.15) is 11.8 Å². The highest BCUT2D eigenvalue weighted by Gasteiger charge is 2.27. The minimum absolute atomic E-state index is 0.0616. The van der Waals surface area contributed by atoms with Gasteiger partial charge in [-0.15, -0.1) is 11.3 Å². The van der Waals surface area contributed by atoms with Crippen molar-refractivity contribution in [2.24, 2.45) is 0 Å². The molecule has 1 heterocycles. The maximum Gasteiger partial charge on any atom is 0.246 e. The molecule has 0 spiro atoms. The molecule has 5 heteroatoms. The second-order valence-corrected chi connectivity index (χ2v) is 7.68. The molecule has 1 amide bonds. The van der Waals surface area contributed by atoms with Gasteiger partial charge in [0.05, 0.1) is 12.8 Å². The standard InChI is InChI=1S/C23H26N2O2S/c1-4-25(16-19-11-8-14-28-19)22(18-9-6-5-7-10-18)23(26)24-20-15-17(2)12-13-21(20)27-3/h5-15,22H,4,16H2,1-3H3,(H,24,26)/t22-/m0/s1. The number of carbonyl (C=O) groups excluding carboxylic acids is 1. The third-order valence-corrected chi connectivity index (χ3v) is 5.55. The first kappa shape index (κ1) is 20.1. The van der Waals surface area contributed by atoms with Gasteiger partial charge in [-0.2, -0.15) is 0 Å². The van der Waals surface area contributed by atoms with Crippen LogP contribution in [0.1, 0.15) is 29.0 Å². The van der Waals surface area contributed by atoms with E-state index in [9.17, 15) is 4.79 Å². The summed E-state index contributed by atoms with van der Waals surface area (Å²) in [4.78, 5) is 16.8. The average Bonchev–Trinajstić information content (AvgIpc) is 3.21. The summed E-state index contributed by atoms with van der Waals surface area (Å²) in [7, 11) is 1.62. The lowest BCUT2D eigenvalue weighted by atomic mass is 10.0. The van der Waals surface area contributed by atoms with Crippen molar-refractivity contribution in [1.29, 1.82) is 0 Å². The largest absolute Gasteiger partial charge is 0.495 e. The van der Waals surface area contributed by atoms with Gasteiger partial charge in [0.2, 0.25) is 5.91 Å². The molecule has 28 heavy (non-hydrogen) atoms. The molecule has 0 bridgehead atoms. The SMILES string of the molecule is CCN(Cc1cccs1)[C@H](C(=O)Nc1cc(C)ccc1OC)c1ccccc1. The van der Waals surface area contributed by atoms with Crippen LogP contribution < -0.4 is 10.1 Å². The van der Waals surface area contributed by atoms with Gasteiger partial charge in [-0.05, 0) is 48.2 Å². The Balaban J connectivity index is 1.92. The Morgan fingerprint density at radius 3 is 2.57 bits per heavy atom. The molecule has 0 aliphatic carbocycles. The molecule has 4 nitrogen and oxygen atoms in total. The van der Waals surface area contributed by atoms with Gasteiger partial charge < -0.3 is 10.1 Å². The van der Waals surface area contributed by atoms with Gasteiger partial charge >= 0.3 is 0 Å². The zero-order valence-corrected chi connectivity index (χ0v) is 17.3. The molecule has 0 aliphatic rings. The van der Waals surface area contributed by atoms with Crippen molar-refractivity contribution in [3.05, 3.63) is 82.0 Å². The van der Waals surface area contributed by atoms with Crippen LogP contribution in [0.2, 0.25) is 0 Å². The summed E-state index contributed by atoms with van der Waals surface area (Å²) in [6.45, 7) is 5.57. The number of anilines is 1. The maximum atomic E-state index is 13.4. The number of nitrogens with one attached hydrogen (secondary N) is 1. The summed E-state index contributed by atoms with van der Waals surface area (Å²) in [5.41, 5.74) is 2.74. The molecule has 1 aromatic heterocycles. The Bertz CT molecular complexity index is 894. The Kier molecular flexibility index (Phi) is 6.85. The number of likely N-dealkylation sites (N-methyl/N-ethyl adjacent to an activating group) is 1. The summed E-state index contributed by atoms with van der Waals surface area (Å²) >= 11 is 1.71. The highest BCUT2D eigenvalue weighted by atomic mass is 32.1. The van der Waals surface area contributed by atoms with Crippen molar-refractivity contribution in [2.45, 2.75) is 26.4 Å². The summed E-state index contributed by atoms with van der Waals surface area (Å²) in [6.07, 6.45) is 0. The van der Waals surface area contributed by atoms with Gasteiger partial charge in [-0.1, -0.05) is 49.4 Å². The average molecular weight is 395 g/mol. The van der Waals surface area contributed by atoms with Crippen molar-refractivity contribution in [3.8, 4) is 5.75 Å². The number of aryl methyl sites for hydroxylation is 1. The van der Waals surface area contributed by atoms with E-state index in [1.165, 1.54) is 4.88 Å². The predicted octanol–water partition coefficient (Wildman–Crippen LogP) is 5.27. The van der Waals surface area contributed by atoms with Crippen LogP contribution in [-0.4, -0.2) is 24.5 Å². The lowest BCUT2D eigenvalue weighted by Crippen LogP contribution is -2.36.